The van der Waals surface area contributed by atoms with E-state index < -0.39 is 0 Å². The summed E-state index contributed by atoms with van der Waals surface area (Å²) in [4.78, 5) is 22.8. The van der Waals surface area contributed by atoms with E-state index in [0.29, 0.717) is 11.6 Å². The van der Waals surface area contributed by atoms with E-state index in [0.717, 1.165) is 43.8 Å². The first kappa shape index (κ1) is 25.5. The normalized spacial score (nSPS) is 12.5. The first-order valence-electron chi connectivity index (χ1n) is 13.0. The number of thiazole rings is 1. The molecule has 3 aromatic carbocycles. The third-order valence-corrected chi connectivity index (χ3v) is 8.95. The molecule has 0 aliphatic rings. The van der Waals surface area contributed by atoms with Gasteiger partial charge in [-0.2, -0.15) is 0 Å². The number of para-hydroxylation sites is 1. The molecule has 0 aliphatic carbocycles. The highest BCUT2D eigenvalue weighted by Gasteiger charge is 2.22. The highest BCUT2D eigenvalue weighted by atomic mass is 32.2. The van der Waals surface area contributed by atoms with Crippen molar-refractivity contribution in [2.45, 2.75) is 50.6 Å². The molecule has 6 rings (SSSR count). The number of aryl methyl sites for hydroxylation is 1. The molecule has 1 N–H and O–H groups in total. The fraction of sp³-hybridized carbons (Fsp3) is 0.233. The van der Waals surface area contributed by atoms with Gasteiger partial charge in [0.1, 0.15) is 10.5 Å². The van der Waals surface area contributed by atoms with Crippen molar-refractivity contribution < 1.29 is 4.79 Å². The lowest BCUT2D eigenvalue weighted by molar-refractivity contribution is -0.115. The summed E-state index contributed by atoms with van der Waals surface area (Å²) in [6.07, 6.45) is 0.633. The largest absolute Gasteiger partial charge is 0.325 e. The molecule has 0 fully saturated rings. The molecular weight excluding hydrogens is 525 g/mol. The highest BCUT2D eigenvalue weighted by molar-refractivity contribution is 8.00. The van der Waals surface area contributed by atoms with Crippen molar-refractivity contribution in [1.29, 1.82) is 0 Å². The second-order valence-corrected chi connectivity index (χ2v) is 12.0. The molecule has 0 saturated heterocycles. The zero-order valence-electron chi connectivity index (χ0n) is 22.2. The SMILES string of the molecule is CCC(Sc1nnc2c3ccccc3n(C(C)C)c2n1)C(=O)Nc1ccc(-c2nc3ccc(C)cc3s2)cc1. The Morgan fingerprint density at radius 3 is 2.59 bits per heavy atom. The van der Waals surface area contributed by atoms with Crippen LogP contribution in [0.4, 0.5) is 5.69 Å². The highest BCUT2D eigenvalue weighted by Crippen LogP contribution is 2.33. The van der Waals surface area contributed by atoms with Gasteiger partial charge in [-0.05, 0) is 75.2 Å². The van der Waals surface area contributed by atoms with Crippen LogP contribution in [0, 0.1) is 6.92 Å². The van der Waals surface area contributed by atoms with Gasteiger partial charge in [-0.1, -0.05) is 43.0 Å². The summed E-state index contributed by atoms with van der Waals surface area (Å²) < 4.78 is 3.35. The summed E-state index contributed by atoms with van der Waals surface area (Å²) in [5.74, 6) is -0.0844. The Labute approximate surface area is 234 Å². The van der Waals surface area contributed by atoms with E-state index in [4.69, 9.17) is 9.97 Å². The molecule has 9 heteroatoms. The number of anilines is 1. The van der Waals surface area contributed by atoms with Crippen LogP contribution in [0.25, 0.3) is 42.9 Å². The topological polar surface area (TPSA) is 85.6 Å². The van der Waals surface area contributed by atoms with Gasteiger partial charge in [0, 0.05) is 22.7 Å². The van der Waals surface area contributed by atoms with Crippen molar-refractivity contribution in [2.75, 3.05) is 5.32 Å². The minimum atomic E-state index is -0.353. The summed E-state index contributed by atoms with van der Waals surface area (Å²) >= 11 is 3.02. The van der Waals surface area contributed by atoms with Gasteiger partial charge in [-0.15, -0.1) is 21.5 Å². The van der Waals surface area contributed by atoms with Crippen molar-refractivity contribution in [3.63, 3.8) is 0 Å². The van der Waals surface area contributed by atoms with E-state index >= 15 is 0 Å². The Morgan fingerprint density at radius 1 is 1.03 bits per heavy atom. The van der Waals surface area contributed by atoms with Crippen molar-refractivity contribution in [3.05, 3.63) is 72.3 Å². The molecule has 7 nitrogen and oxygen atoms in total. The zero-order valence-corrected chi connectivity index (χ0v) is 23.8. The molecule has 1 amide bonds. The van der Waals surface area contributed by atoms with Gasteiger partial charge in [0.2, 0.25) is 11.1 Å². The molecule has 0 radical (unpaired) electrons. The molecule has 6 aromatic rings. The maximum atomic E-state index is 13.2. The Bertz CT molecular complexity index is 1820. The molecule has 0 spiro atoms. The number of thioether (sulfide) groups is 1. The summed E-state index contributed by atoms with van der Waals surface area (Å²) in [6.45, 7) is 8.34. The van der Waals surface area contributed by atoms with Crippen LogP contribution < -0.4 is 5.32 Å². The maximum absolute atomic E-state index is 13.2. The first-order chi connectivity index (χ1) is 18.9. The Kier molecular flexibility index (Phi) is 6.78. The fourth-order valence-electron chi connectivity index (χ4n) is 4.74. The van der Waals surface area contributed by atoms with Crippen molar-refractivity contribution in [2.24, 2.45) is 0 Å². The van der Waals surface area contributed by atoms with Gasteiger partial charge in [-0.3, -0.25) is 4.79 Å². The number of amides is 1. The van der Waals surface area contributed by atoms with Gasteiger partial charge in [0.25, 0.3) is 0 Å². The smallest absolute Gasteiger partial charge is 0.237 e. The fourth-order valence-corrected chi connectivity index (χ4v) is 6.62. The Balaban J connectivity index is 1.20. The number of hydrogen-bond donors (Lipinski definition) is 1. The number of nitrogens with zero attached hydrogens (tertiary/aromatic N) is 5. The molecule has 3 aromatic heterocycles. The van der Waals surface area contributed by atoms with E-state index in [1.165, 1.54) is 22.0 Å². The number of hydrogen-bond acceptors (Lipinski definition) is 7. The van der Waals surface area contributed by atoms with E-state index in [9.17, 15) is 4.79 Å². The maximum Gasteiger partial charge on any atom is 0.237 e. The van der Waals surface area contributed by atoms with Crippen molar-refractivity contribution in [3.8, 4) is 10.6 Å². The number of rotatable bonds is 7. The summed E-state index contributed by atoms with van der Waals surface area (Å²) in [6, 6.07) is 22.5. The second kappa shape index (κ2) is 10.4. The molecule has 196 valence electrons. The molecule has 0 aliphatic heterocycles. The average Bonchev–Trinajstić information content (AvgIpc) is 3.50. The number of nitrogens with one attached hydrogen (secondary N) is 1. The summed E-state index contributed by atoms with van der Waals surface area (Å²) in [7, 11) is 0. The van der Waals surface area contributed by atoms with Crippen LogP contribution in [0.1, 0.15) is 38.8 Å². The molecule has 3 heterocycles. The second-order valence-electron chi connectivity index (χ2n) is 9.82. The van der Waals surface area contributed by atoms with Crippen molar-refractivity contribution in [1.82, 2.24) is 24.7 Å². The summed E-state index contributed by atoms with van der Waals surface area (Å²) in [5, 5.41) is 14.1. The molecule has 0 saturated carbocycles. The summed E-state index contributed by atoms with van der Waals surface area (Å²) in [5.41, 5.74) is 6.66. The Hall–Kier alpha value is -3.82. The Morgan fingerprint density at radius 2 is 1.82 bits per heavy atom. The van der Waals surface area contributed by atoms with E-state index in [1.807, 2.05) is 49.4 Å². The quantitative estimate of drug-likeness (QED) is 0.205. The minimum absolute atomic E-state index is 0.0844. The number of carbonyl (C=O) groups excluding carboxylic acids is 1. The first-order valence-corrected chi connectivity index (χ1v) is 14.7. The number of fused-ring (bicyclic) bond motifs is 4. The molecule has 1 unspecified atom stereocenters. The number of carbonyl (C=O) groups is 1. The van der Waals surface area contributed by atoms with E-state index in [1.54, 1.807) is 11.3 Å². The third kappa shape index (κ3) is 4.88. The minimum Gasteiger partial charge on any atom is -0.325 e. The lowest BCUT2D eigenvalue weighted by atomic mass is 10.2. The van der Waals surface area contributed by atoms with Crippen LogP contribution in [0.3, 0.4) is 0 Å². The molecule has 39 heavy (non-hydrogen) atoms. The number of benzene rings is 3. The van der Waals surface area contributed by atoms with Crippen LogP contribution >= 0.6 is 23.1 Å². The predicted molar refractivity (Wildman–Crippen MR) is 162 cm³/mol. The van der Waals surface area contributed by atoms with E-state index in [-0.39, 0.29) is 17.2 Å². The predicted octanol–water partition coefficient (Wildman–Crippen LogP) is 7.65. The lowest BCUT2D eigenvalue weighted by Crippen LogP contribution is -2.24. The zero-order chi connectivity index (χ0) is 27.1. The molecule has 0 bridgehead atoms. The van der Waals surface area contributed by atoms with Gasteiger partial charge in [0.05, 0.1) is 21.0 Å². The van der Waals surface area contributed by atoms with Crippen molar-refractivity contribution >= 4 is 67.0 Å². The van der Waals surface area contributed by atoms with Crippen LogP contribution in [-0.4, -0.2) is 35.9 Å². The monoisotopic (exact) mass is 552 g/mol. The third-order valence-electron chi connectivity index (χ3n) is 6.67. The average molecular weight is 553 g/mol. The lowest BCUT2D eigenvalue weighted by Gasteiger charge is -2.14. The van der Waals surface area contributed by atoms with E-state index in [2.05, 4.69) is 65.1 Å². The van der Waals surface area contributed by atoms with Crippen LogP contribution in [0.15, 0.2) is 71.9 Å². The van der Waals surface area contributed by atoms with Gasteiger partial charge < -0.3 is 9.88 Å². The van der Waals surface area contributed by atoms with Gasteiger partial charge in [0.15, 0.2) is 5.65 Å². The van der Waals surface area contributed by atoms with Crippen LogP contribution in [0.5, 0.6) is 0 Å². The van der Waals surface area contributed by atoms with Gasteiger partial charge in [-0.25, -0.2) is 9.97 Å². The molecular formula is C30H28N6OS2. The van der Waals surface area contributed by atoms with Gasteiger partial charge >= 0.3 is 0 Å². The number of aromatic nitrogens is 5. The standard InChI is InChI=1S/C30H28N6OS2/c1-5-24(39-30-33-27-26(34-35-30)21-8-6-7-9-23(21)36(27)17(2)3)28(37)31-20-13-11-19(12-14-20)29-32-22-15-10-18(4)16-25(22)38-29/h6-17,24H,5H2,1-4H3,(H,31,37). The van der Waals surface area contributed by atoms with Crippen LogP contribution in [0.2, 0.25) is 0 Å². The molecule has 1 atom stereocenters. The van der Waals surface area contributed by atoms with Crippen LogP contribution in [-0.2, 0) is 4.79 Å².